The number of ketones is 1. The number of halogens is 1. The lowest BCUT2D eigenvalue weighted by molar-refractivity contribution is -0.383. The molecule has 0 atom stereocenters. The fourth-order valence-electron chi connectivity index (χ4n) is 2.49. The Kier molecular flexibility index (Phi) is 5.51. The van der Waals surface area contributed by atoms with E-state index in [0.717, 1.165) is 5.56 Å². The minimum Gasteiger partial charge on any atom is -0.334 e. The van der Waals surface area contributed by atoms with E-state index < -0.39 is 4.92 Å². The smallest absolute Gasteiger partial charge is 0.334 e. The van der Waals surface area contributed by atoms with Gasteiger partial charge in [-0.15, -0.1) is 0 Å². The summed E-state index contributed by atoms with van der Waals surface area (Å²) in [6.07, 6.45) is 1.21. The number of nitro groups is 1. The van der Waals surface area contributed by atoms with Gasteiger partial charge in [-0.3, -0.25) is 14.9 Å². The number of benzene rings is 2. The summed E-state index contributed by atoms with van der Waals surface area (Å²) in [5.41, 5.74) is 2.10. The van der Waals surface area contributed by atoms with E-state index >= 15 is 0 Å². The molecule has 8 nitrogen and oxygen atoms in total. The Morgan fingerprint density at radius 2 is 1.71 bits per heavy atom. The predicted molar refractivity (Wildman–Crippen MR) is 108 cm³/mol. The molecule has 0 aliphatic heterocycles. The highest BCUT2D eigenvalue weighted by atomic mass is 35.5. The Bertz CT molecular complexity index is 1070. The second kappa shape index (κ2) is 8.01. The van der Waals surface area contributed by atoms with Gasteiger partial charge in [-0.1, -0.05) is 29.8 Å². The molecule has 0 bridgehead atoms. The molecule has 0 amide bonds. The molecule has 0 saturated heterocycles. The maximum absolute atomic E-state index is 11.7. The number of anilines is 4. The highest BCUT2D eigenvalue weighted by Gasteiger charge is 2.23. The maximum atomic E-state index is 11.7. The zero-order valence-corrected chi connectivity index (χ0v) is 15.8. The van der Waals surface area contributed by atoms with E-state index in [1.54, 1.807) is 42.5 Å². The largest absolute Gasteiger partial charge is 0.353 e. The summed E-state index contributed by atoms with van der Waals surface area (Å²) in [5.74, 6) is -0.0917. The number of aryl methyl sites for hydroxylation is 1. The average molecular weight is 398 g/mol. The summed E-state index contributed by atoms with van der Waals surface area (Å²) in [7, 11) is 0. The van der Waals surface area contributed by atoms with Gasteiger partial charge >= 0.3 is 5.69 Å². The molecule has 0 unspecified atom stereocenters. The lowest BCUT2D eigenvalue weighted by atomic mass is 10.1. The molecule has 0 aliphatic carbocycles. The summed E-state index contributed by atoms with van der Waals surface area (Å²) in [6.45, 7) is 3.30. The third kappa shape index (κ3) is 4.24. The highest BCUT2D eigenvalue weighted by molar-refractivity contribution is 6.31. The van der Waals surface area contributed by atoms with Crippen LogP contribution < -0.4 is 10.6 Å². The zero-order chi connectivity index (χ0) is 20.3. The van der Waals surface area contributed by atoms with Gasteiger partial charge in [-0.25, -0.2) is 9.97 Å². The summed E-state index contributed by atoms with van der Waals surface area (Å²) in [4.78, 5) is 30.6. The van der Waals surface area contributed by atoms with Crippen molar-refractivity contribution in [2.45, 2.75) is 13.8 Å². The molecule has 0 spiro atoms. The summed E-state index contributed by atoms with van der Waals surface area (Å²) in [6, 6.07) is 11.8. The van der Waals surface area contributed by atoms with Crippen LogP contribution in [0.2, 0.25) is 5.02 Å². The molecule has 1 aromatic heterocycles. The molecule has 9 heteroatoms. The first-order chi connectivity index (χ1) is 13.3. The zero-order valence-electron chi connectivity index (χ0n) is 15.1. The fraction of sp³-hybridized carbons (Fsp3) is 0.105. The van der Waals surface area contributed by atoms with Gasteiger partial charge < -0.3 is 10.6 Å². The van der Waals surface area contributed by atoms with E-state index in [-0.39, 0.29) is 23.1 Å². The van der Waals surface area contributed by atoms with Crippen LogP contribution in [0.4, 0.5) is 28.7 Å². The number of hydrogen-bond acceptors (Lipinski definition) is 7. The second-order valence-corrected chi connectivity index (χ2v) is 6.43. The molecular formula is C19H16ClN5O3. The van der Waals surface area contributed by atoms with Gasteiger partial charge in [0.05, 0.1) is 4.92 Å². The Balaban J connectivity index is 1.97. The van der Waals surface area contributed by atoms with Crippen LogP contribution in [0, 0.1) is 17.0 Å². The summed E-state index contributed by atoms with van der Waals surface area (Å²) < 4.78 is 0. The molecule has 2 N–H and O–H groups in total. The summed E-state index contributed by atoms with van der Waals surface area (Å²) >= 11 is 6.11. The molecule has 0 radical (unpaired) electrons. The van der Waals surface area contributed by atoms with Crippen molar-refractivity contribution < 1.29 is 9.72 Å². The minimum atomic E-state index is -0.574. The van der Waals surface area contributed by atoms with Crippen LogP contribution in [0.5, 0.6) is 0 Å². The van der Waals surface area contributed by atoms with Gasteiger partial charge in [0.1, 0.15) is 6.33 Å². The Morgan fingerprint density at radius 3 is 2.29 bits per heavy atom. The van der Waals surface area contributed by atoms with E-state index in [2.05, 4.69) is 20.6 Å². The molecule has 0 fully saturated rings. The van der Waals surface area contributed by atoms with Crippen LogP contribution in [0.3, 0.4) is 0 Å². The third-order valence-electron chi connectivity index (χ3n) is 3.97. The van der Waals surface area contributed by atoms with Crippen molar-refractivity contribution in [1.82, 2.24) is 9.97 Å². The van der Waals surface area contributed by atoms with E-state index in [0.29, 0.717) is 22.0 Å². The van der Waals surface area contributed by atoms with Crippen LogP contribution in [-0.4, -0.2) is 20.7 Å². The number of hydrogen-bond donors (Lipinski definition) is 2. The topological polar surface area (TPSA) is 110 Å². The monoisotopic (exact) mass is 397 g/mol. The Labute approximate surface area is 165 Å². The number of nitrogens with one attached hydrogen (secondary N) is 2. The number of aromatic nitrogens is 2. The van der Waals surface area contributed by atoms with Crippen molar-refractivity contribution in [1.29, 1.82) is 0 Å². The van der Waals surface area contributed by atoms with Gasteiger partial charge in [-0.2, -0.15) is 0 Å². The fourth-order valence-corrected chi connectivity index (χ4v) is 2.68. The van der Waals surface area contributed by atoms with Crippen LogP contribution in [0.1, 0.15) is 22.8 Å². The van der Waals surface area contributed by atoms with Crippen molar-refractivity contribution in [3.8, 4) is 0 Å². The van der Waals surface area contributed by atoms with Crippen molar-refractivity contribution in [2.75, 3.05) is 10.6 Å². The number of carbonyl (C=O) groups is 1. The van der Waals surface area contributed by atoms with Crippen LogP contribution >= 0.6 is 11.6 Å². The second-order valence-electron chi connectivity index (χ2n) is 6.03. The van der Waals surface area contributed by atoms with Gasteiger partial charge in [0, 0.05) is 22.0 Å². The number of nitrogens with zero attached hydrogens (tertiary/aromatic N) is 3. The maximum Gasteiger partial charge on any atom is 0.353 e. The first-order valence-electron chi connectivity index (χ1n) is 8.25. The van der Waals surface area contributed by atoms with Gasteiger partial charge in [0.2, 0.25) is 11.6 Å². The highest BCUT2D eigenvalue weighted by Crippen LogP contribution is 2.33. The normalized spacial score (nSPS) is 10.4. The van der Waals surface area contributed by atoms with Crippen molar-refractivity contribution in [3.05, 3.63) is 75.1 Å². The molecule has 3 aromatic rings. The third-order valence-corrected chi connectivity index (χ3v) is 4.38. The first kappa shape index (κ1) is 19.2. The summed E-state index contributed by atoms with van der Waals surface area (Å²) in [5, 5.41) is 18.0. The number of Topliss-reactive ketones (excluding diaryl/α,β-unsaturated/α-hetero) is 1. The lowest BCUT2D eigenvalue weighted by Crippen LogP contribution is -2.06. The van der Waals surface area contributed by atoms with Crippen molar-refractivity contribution in [2.24, 2.45) is 0 Å². The van der Waals surface area contributed by atoms with E-state index in [1.807, 2.05) is 6.92 Å². The quantitative estimate of drug-likeness (QED) is 0.340. The predicted octanol–water partition coefficient (Wildman–Crippen LogP) is 5.04. The van der Waals surface area contributed by atoms with Crippen molar-refractivity contribution in [3.63, 3.8) is 0 Å². The average Bonchev–Trinajstić information content (AvgIpc) is 2.65. The van der Waals surface area contributed by atoms with E-state index in [4.69, 9.17) is 11.6 Å². The number of rotatable bonds is 6. The molecule has 142 valence electrons. The molecule has 0 saturated carbocycles. The molecule has 3 rings (SSSR count). The lowest BCUT2D eigenvalue weighted by Gasteiger charge is -2.11. The molecule has 28 heavy (non-hydrogen) atoms. The van der Waals surface area contributed by atoms with Gasteiger partial charge in [0.25, 0.3) is 0 Å². The van der Waals surface area contributed by atoms with Crippen LogP contribution in [0.25, 0.3) is 0 Å². The van der Waals surface area contributed by atoms with Crippen LogP contribution in [0.15, 0.2) is 48.8 Å². The van der Waals surface area contributed by atoms with E-state index in [9.17, 15) is 14.9 Å². The Morgan fingerprint density at radius 1 is 1.07 bits per heavy atom. The van der Waals surface area contributed by atoms with Crippen LogP contribution in [-0.2, 0) is 0 Å². The standard InChI is InChI=1S/C19H16ClN5O3/c1-11-6-7-15(9-16(11)20)24-19-17(25(27)28)18(21-10-22-19)23-14-5-3-4-13(8-14)12(2)26/h3-10H,1-2H3,(H2,21,22,23,24). The minimum absolute atomic E-state index is 0.00131. The number of carbonyl (C=O) groups excluding carboxylic acids is 1. The first-order valence-corrected chi connectivity index (χ1v) is 8.63. The van der Waals surface area contributed by atoms with Gasteiger partial charge in [0.15, 0.2) is 5.78 Å². The molecule has 1 heterocycles. The van der Waals surface area contributed by atoms with Crippen molar-refractivity contribution >= 4 is 46.1 Å². The van der Waals surface area contributed by atoms with E-state index in [1.165, 1.54) is 13.3 Å². The van der Waals surface area contributed by atoms with Gasteiger partial charge in [-0.05, 0) is 43.7 Å². The Hall–Kier alpha value is -3.52. The molecular weight excluding hydrogens is 382 g/mol. The SMILES string of the molecule is CC(=O)c1cccc(Nc2ncnc(Nc3ccc(C)c(Cl)c3)c2[N+](=O)[O-])c1. The molecule has 2 aromatic carbocycles. The molecule has 0 aliphatic rings.